The van der Waals surface area contributed by atoms with Gasteiger partial charge in [0, 0.05) is 18.0 Å². The van der Waals surface area contributed by atoms with E-state index in [0.717, 1.165) is 31.5 Å². The molecule has 2 fully saturated rings. The van der Waals surface area contributed by atoms with E-state index in [4.69, 9.17) is 4.74 Å². The van der Waals surface area contributed by atoms with Gasteiger partial charge in [-0.05, 0) is 24.9 Å². The van der Waals surface area contributed by atoms with Crippen LogP contribution in [0, 0.1) is 5.41 Å². The summed E-state index contributed by atoms with van der Waals surface area (Å²) in [6.07, 6.45) is 1.95. The van der Waals surface area contributed by atoms with Gasteiger partial charge in [0.25, 0.3) is 0 Å². The Balaban J connectivity index is 1.43. The molecule has 0 unspecified atom stereocenters. The van der Waals surface area contributed by atoms with Crippen LogP contribution in [0.25, 0.3) is 0 Å². The number of carbonyl (C=O) groups excluding carboxylic acids is 1. The molecule has 0 bridgehead atoms. The molecule has 1 aliphatic heterocycles. The van der Waals surface area contributed by atoms with Crippen molar-refractivity contribution >= 4 is 6.09 Å². The fourth-order valence-corrected chi connectivity index (χ4v) is 2.69. The lowest BCUT2D eigenvalue weighted by molar-refractivity contribution is 0.137. The van der Waals surface area contributed by atoms with E-state index >= 15 is 0 Å². The average molecular weight is 246 g/mol. The molecule has 1 aliphatic carbocycles. The van der Waals surface area contributed by atoms with E-state index in [2.05, 4.69) is 10.6 Å². The van der Waals surface area contributed by atoms with Gasteiger partial charge in [0.2, 0.25) is 0 Å². The summed E-state index contributed by atoms with van der Waals surface area (Å²) in [5.41, 5.74) is 1.34. The maximum Gasteiger partial charge on any atom is 0.407 e. The summed E-state index contributed by atoms with van der Waals surface area (Å²) >= 11 is 0. The van der Waals surface area contributed by atoms with E-state index in [1.165, 1.54) is 0 Å². The van der Waals surface area contributed by atoms with Crippen molar-refractivity contribution in [3.05, 3.63) is 35.9 Å². The SMILES string of the molecule is O=C(N[C@@H]1C[C@]12CCNC2)OCc1ccccc1. The predicted molar refractivity (Wildman–Crippen MR) is 68.1 cm³/mol. The first-order valence-corrected chi connectivity index (χ1v) is 6.46. The average Bonchev–Trinajstić information content (AvgIpc) is 2.84. The molecule has 1 aromatic carbocycles. The lowest BCUT2D eigenvalue weighted by Gasteiger charge is -2.10. The predicted octanol–water partition coefficient (Wildman–Crippen LogP) is 1.66. The Labute approximate surface area is 107 Å². The molecule has 1 heterocycles. The molecular formula is C14H18N2O2. The number of nitrogens with one attached hydrogen (secondary N) is 2. The molecule has 1 amide bonds. The molecule has 18 heavy (non-hydrogen) atoms. The van der Waals surface area contributed by atoms with Crippen LogP contribution in [0.4, 0.5) is 4.79 Å². The number of rotatable bonds is 3. The van der Waals surface area contributed by atoms with Gasteiger partial charge in [-0.1, -0.05) is 30.3 Å². The summed E-state index contributed by atoms with van der Waals surface area (Å²) in [6.45, 7) is 2.43. The molecule has 0 radical (unpaired) electrons. The third-order valence-electron chi connectivity index (χ3n) is 3.97. The zero-order chi connectivity index (χ0) is 12.4. The minimum absolute atomic E-state index is 0.298. The van der Waals surface area contributed by atoms with Crippen molar-refractivity contribution in [1.29, 1.82) is 0 Å². The highest BCUT2D eigenvalue weighted by molar-refractivity contribution is 5.68. The standard InChI is InChI=1S/C14H18N2O2/c17-13(18-9-11-4-2-1-3-5-11)16-12-8-14(12)6-7-15-10-14/h1-5,12,15H,6-10H2,(H,16,17)/t12-,14+/m1/s1. The molecule has 1 saturated heterocycles. The van der Waals surface area contributed by atoms with Gasteiger partial charge < -0.3 is 15.4 Å². The van der Waals surface area contributed by atoms with Crippen molar-refractivity contribution in [2.24, 2.45) is 5.41 Å². The fraction of sp³-hybridized carbons (Fsp3) is 0.500. The monoisotopic (exact) mass is 246 g/mol. The Bertz CT molecular complexity index is 427. The smallest absolute Gasteiger partial charge is 0.407 e. The molecule has 1 aromatic rings. The first kappa shape index (κ1) is 11.5. The first-order valence-electron chi connectivity index (χ1n) is 6.46. The van der Waals surface area contributed by atoms with Crippen molar-refractivity contribution in [3.63, 3.8) is 0 Å². The Hall–Kier alpha value is -1.55. The Morgan fingerprint density at radius 3 is 3.00 bits per heavy atom. The number of amides is 1. The van der Waals surface area contributed by atoms with Crippen LogP contribution in [-0.2, 0) is 11.3 Å². The van der Waals surface area contributed by atoms with Crippen LogP contribution in [0.5, 0.6) is 0 Å². The summed E-state index contributed by atoms with van der Waals surface area (Å²) in [5, 5.41) is 6.30. The molecule has 0 aromatic heterocycles. The highest BCUT2D eigenvalue weighted by atomic mass is 16.5. The largest absolute Gasteiger partial charge is 0.445 e. The van der Waals surface area contributed by atoms with E-state index in [1.807, 2.05) is 30.3 Å². The molecule has 96 valence electrons. The van der Waals surface area contributed by atoms with E-state index in [0.29, 0.717) is 18.1 Å². The third kappa shape index (κ3) is 2.34. The van der Waals surface area contributed by atoms with Gasteiger partial charge in [0.1, 0.15) is 6.61 Å². The van der Waals surface area contributed by atoms with Crippen molar-refractivity contribution < 1.29 is 9.53 Å². The summed E-state index contributed by atoms with van der Waals surface area (Å²) in [4.78, 5) is 11.7. The summed E-state index contributed by atoms with van der Waals surface area (Å²) in [5.74, 6) is 0. The second kappa shape index (κ2) is 4.61. The zero-order valence-electron chi connectivity index (χ0n) is 10.3. The fourth-order valence-electron chi connectivity index (χ4n) is 2.69. The van der Waals surface area contributed by atoms with E-state index in [9.17, 15) is 4.79 Å². The van der Waals surface area contributed by atoms with Crippen molar-refractivity contribution in [2.75, 3.05) is 13.1 Å². The van der Waals surface area contributed by atoms with Gasteiger partial charge in [0.05, 0.1) is 0 Å². The van der Waals surface area contributed by atoms with Gasteiger partial charge in [-0.25, -0.2) is 4.79 Å². The summed E-state index contributed by atoms with van der Waals surface area (Å²) in [7, 11) is 0. The molecule has 2 atom stereocenters. The number of hydrogen-bond donors (Lipinski definition) is 2. The minimum atomic E-state index is -0.298. The van der Waals surface area contributed by atoms with Gasteiger partial charge in [0.15, 0.2) is 0 Å². The van der Waals surface area contributed by atoms with Gasteiger partial charge in [-0.3, -0.25) is 0 Å². The second-order valence-electron chi connectivity index (χ2n) is 5.25. The summed E-state index contributed by atoms with van der Waals surface area (Å²) in [6, 6.07) is 10.0. The molecule has 2 N–H and O–H groups in total. The van der Waals surface area contributed by atoms with Crippen LogP contribution < -0.4 is 10.6 Å². The van der Waals surface area contributed by atoms with Crippen molar-refractivity contribution in [1.82, 2.24) is 10.6 Å². The van der Waals surface area contributed by atoms with Crippen LogP contribution in [0.1, 0.15) is 18.4 Å². The van der Waals surface area contributed by atoms with Crippen LogP contribution >= 0.6 is 0 Å². The minimum Gasteiger partial charge on any atom is -0.445 e. The molecule has 1 spiro atoms. The number of ether oxygens (including phenoxy) is 1. The van der Waals surface area contributed by atoms with E-state index in [1.54, 1.807) is 0 Å². The molecule has 1 saturated carbocycles. The molecule has 4 nitrogen and oxygen atoms in total. The van der Waals surface area contributed by atoms with Gasteiger partial charge in [-0.15, -0.1) is 0 Å². The van der Waals surface area contributed by atoms with E-state index < -0.39 is 0 Å². The maximum atomic E-state index is 11.7. The second-order valence-corrected chi connectivity index (χ2v) is 5.25. The number of benzene rings is 1. The quantitative estimate of drug-likeness (QED) is 0.853. The highest BCUT2D eigenvalue weighted by Crippen LogP contribution is 2.50. The van der Waals surface area contributed by atoms with Crippen LogP contribution in [0.3, 0.4) is 0 Å². The number of carbonyl (C=O) groups is 1. The molecule has 4 heteroatoms. The lowest BCUT2D eigenvalue weighted by atomic mass is 10.1. The Kier molecular flexibility index (Phi) is 2.96. The Morgan fingerprint density at radius 1 is 1.44 bits per heavy atom. The topological polar surface area (TPSA) is 50.4 Å². The van der Waals surface area contributed by atoms with Crippen molar-refractivity contribution in [2.45, 2.75) is 25.5 Å². The zero-order valence-corrected chi connectivity index (χ0v) is 10.3. The Morgan fingerprint density at radius 2 is 2.28 bits per heavy atom. The van der Waals surface area contributed by atoms with Crippen LogP contribution in [-0.4, -0.2) is 25.2 Å². The highest BCUT2D eigenvalue weighted by Gasteiger charge is 2.56. The molecule has 2 aliphatic rings. The van der Waals surface area contributed by atoms with Crippen molar-refractivity contribution in [3.8, 4) is 0 Å². The van der Waals surface area contributed by atoms with Gasteiger partial charge in [-0.2, -0.15) is 0 Å². The first-order chi connectivity index (χ1) is 8.78. The van der Waals surface area contributed by atoms with E-state index in [-0.39, 0.29) is 6.09 Å². The van der Waals surface area contributed by atoms with Crippen LogP contribution in [0.2, 0.25) is 0 Å². The van der Waals surface area contributed by atoms with Gasteiger partial charge >= 0.3 is 6.09 Å². The molecule has 3 rings (SSSR count). The third-order valence-corrected chi connectivity index (χ3v) is 3.97. The number of hydrogen-bond acceptors (Lipinski definition) is 3. The van der Waals surface area contributed by atoms with Crippen LogP contribution in [0.15, 0.2) is 30.3 Å². The summed E-state index contributed by atoms with van der Waals surface area (Å²) < 4.78 is 5.21. The normalized spacial score (nSPS) is 29.2. The lowest BCUT2D eigenvalue weighted by Crippen LogP contribution is -2.31. The maximum absolute atomic E-state index is 11.7. The molecular weight excluding hydrogens is 228 g/mol. The number of alkyl carbamates (subject to hydrolysis) is 1.